The lowest BCUT2D eigenvalue weighted by Gasteiger charge is -2.27. The van der Waals surface area contributed by atoms with E-state index in [1.807, 2.05) is 6.92 Å². The Morgan fingerprint density at radius 1 is 1.19 bits per heavy atom. The molecule has 6 nitrogen and oxygen atoms in total. The average Bonchev–Trinajstić information content (AvgIpc) is 2.60. The Labute approximate surface area is 163 Å². The second-order valence-corrected chi connectivity index (χ2v) is 8.60. The van der Waals surface area contributed by atoms with Gasteiger partial charge >= 0.3 is 0 Å². The van der Waals surface area contributed by atoms with Crippen LogP contribution in [-0.2, 0) is 14.8 Å². The lowest BCUT2D eigenvalue weighted by Crippen LogP contribution is -2.36. The third-order valence-electron chi connectivity index (χ3n) is 4.77. The molecule has 1 heterocycles. The average molecular weight is 404 g/mol. The van der Waals surface area contributed by atoms with Crippen LogP contribution in [0.5, 0.6) is 0 Å². The second-order valence-electron chi connectivity index (χ2n) is 6.83. The molecular weight excluding hydrogens is 374 g/mol. The zero-order valence-electron chi connectivity index (χ0n) is 15.5. The molecule has 0 saturated carbocycles. The summed E-state index contributed by atoms with van der Waals surface area (Å²) in [5, 5.41) is 6.13. The molecule has 148 valence electrons. The number of piperidine rings is 1. The molecule has 1 aromatic carbocycles. The van der Waals surface area contributed by atoms with E-state index < -0.39 is 10.0 Å². The van der Waals surface area contributed by atoms with Crippen LogP contribution in [0.4, 0.5) is 0 Å². The quantitative estimate of drug-likeness (QED) is 0.578. The molecule has 1 amide bonds. The molecule has 0 bridgehead atoms. The third kappa shape index (κ3) is 7.23. The molecule has 8 heteroatoms. The van der Waals surface area contributed by atoms with Crippen molar-refractivity contribution in [3.8, 4) is 0 Å². The van der Waals surface area contributed by atoms with Crippen LogP contribution < -0.4 is 15.4 Å². The van der Waals surface area contributed by atoms with E-state index in [1.54, 1.807) is 24.3 Å². The summed E-state index contributed by atoms with van der Waals surface area (Å²) in [5.41, 5.74) is 1.01. The molecule has 26 heavy (non-hydrogen) atoms. The first-order chi connectivity index (χ1) is 11.9. The van der Waals surface area contributed by atoms with Gasteiger partial charge in [-0.05, 0) is 56.8 Å². The van der Waals surface area contributed by atoms with E-state index in [0.29, 0.717) is 24.8 Å². The van der Waals surface area contributed by atoms with Gasteiger partial charge in [-0.1, -0.05) is 24.6 Å². The Morgan fingerprint density at radius 3 is 2.42 bits per heavy atom. The highest BCUT2D eigenvalue weighted by atomic mass is 35.5. The minimum atomic E-state index is -3.52. The molecule has 0 aliphatic carbocycles. The normalized spacial score (nSPS) is 16.5. The molecule has 1 atom stereocenters. The molecule has 3 N–H and O–H groups in total. The van der Waals surface area contributed by atoms with Gasteiger partial charge in [0, 0.05) is 19.5 Å². The van der Waals surface area contributed by atoms with Gasteiger partial charge in [-0.25, -0.2) is 13.1 Å². The highest BCUT2D eigenvalue weighted by molar-refractivity contribution is 7.89. The van der Waals surface area contributed by atoms with Gasteiger partial charge in [-0.2, -0.15) is 0 Å². The van der Waals surface area contributed by atoms with E-state index >= 15 is 0 Å². The Morgan fingerprint density at radius 2 is 1.81 bits per heavy atom. The minimum absolute atomic E-state index is 0. The maximum absolute atomic E-state index is 12.1. The topological polar surface area (TPSA) is 87.3 Å². The molecule has 0 radical (unpaired) electrons. The van der Waals surface area contributed by atoms with Crippen LogP contribution in [0.25, 0.3) is 0 Å². The number of aryl methyl sites for hydroxylation is 1. The predicted octanol–water partition coefficient (Wildman–Crippen LogP) is 1.84. The van der Waals surface area contributed by atoms with E-state index in [2.05, 4.69) is 22.3 Å². The molecule has 1 fully saturated rings. The highest BCUT2D eigenvalue weighted by Crippen LogP contribution is 2.24. The predicted molar refractivity (Wildman–Crippen MR) is 106 cm³/mol. The number of amides is 1. The van der Waals surface area contributed by atoms with Gasteiger partial charge in [-0.15, -0.1) is 12.4 Å². The SMILES string of the molecule is Cc1ccc(S(=O)(=O)NCCNC(=O)CC(C)C2CCNCC2)cc1.Cl. The van der Waals surface area contributed by atoms with Crippen LogP contribution >= 0.6 is 12.4 Å². The first kappa shape index (κ1) is 22.9. The van der Waals surface area contributed by atoms with E-state index in [4.69, 9.17) is 0 Å². The van der Waals surface area contributed by atoms with E-state index in [9.17, 15) is 13.2 Å². The molecule has 0 aromatic heterocycles. The summed E-state index contributed by atoms with van der Waals surface area (Å²) in [6, 6.07) is 6.69. The summed E-state index contributed by atoms with van der Waals surface area (Å²) >= 11 is 0. The summed E-state index contributed by atoms with van der Waals surface area (Å²) in [6.07, 6.45) is 2.73. The number of carbonyl (C=O) groups excluding carboxylic acids is 1. The first-order valence-electron chi connectivity index (χ1n) is 8.92. The number of benzene rings is 1. The third-order valence-corrected chi connectivity index (χ3v) is 6.24. The van der Waals surface area contributed by atoms with Crippen LogP contribution in [0.3, 0.4) is 0 Å². The second kappa shape index (κ2) is 10.9. The standard InChI is InChI=1S/C18H29N3O3S.ClH/c1-14-3-5-17(6-4-14)25(23,24)21-12-11-20-18(22)13-15(2)16-7-9-19-10-8-16;/h3-6,15-16,19,21H,7-13H2,1-2H3,(H,20,22);1H. The fraction of sp³-hybridized carbons (Fsp3) is 0.611. The lowest BCUT2D eigenvalue weighted by molar-refractivity contribution is -0.122. The number of halogens is 1. The molecule has 0 spiro atoms. The van der Waals surface area contributed by atoms with Crippen LogP contribution in [0.2, 0.25) is 0 Å². The summed E-state index contributed by atoms with van der Waals surface area (Å²) in [6.45, 7) is 6.56. The van der Waals surface area contributed by atoms with Gasteiger partial charge in [-0.3, -0.25) is 4.79 Å². The smallest absolute Gasteiger partial charge is 0.240 e. The van der Waals surface area contributed by atoms with Crippen LogP contribution in [0, 0.1) is 18.8 Å². The number of sulfonamides is 1. The maximum Gasteiger partial charge on any atom is 0.240 e. The van der Waals surface area contributed by atoms with Gasteiger partial charge in [0.15, 0.2) is 0 Å². The van der Waals surface area contributed by atoms with Gasteiger partial charge in [0.05, 0.1) is 4.90 Å². The summed E-state index contributed by atoms with van der Waals surface area (Å²) in [5.74, 6) is 0.930. The Kier molecular flexibility index (Phi) is 9.57. The van der Waals surface area contributed by atoms with Crippen LogP contribution in [-0.4, -0.2) is 40.5 Å². The van der Waals surface area contributed by atoms with Crippen molar-refractivity contribution in [1.82, 2.24) is 15.4 Å². The van der Waals surface area contributed by atoms with Crippen LogP contribution in [0.15, 0.2) is 29.2 Å². The monoisotopic (exact) mass is 403 g/mol. The van der Waals surface area contributed by atoms with Gasteiger partial charge in [0.2, 0.25) is 15.9 Å². The molecule has 1 aliphatic heterocycles. The lowest BCUT2D eigenvalue weighted by atomic mass is 9.84. The Hall–Kier alpha value is -1.15. The van der Waals surface area contributed by atoms with Crippen molar-refractivity contribution in [1.29, 1.82) is 0 Å². The zero-order valence-corrected chi connectivity index (χ0v) is 17.1. The molecule has 1 unspecified atom stereocenters. The van der Waals surface area contributed by atoms with Crippen molar-refractivity contribution in [3.05, 3.63) is 29.8 Å². The Balaban J connectivity index is 0.00000338. The molecule has 1 aromatic rings. The largest absolute Gasteiger partial charge is 0.355 e. The van der Waals surface area contributed by atoms with E-state index in [1.165, 1.54) is 0 Å². The van der Waals surface area contributed by atoms with Crippen molar-refractivity contribution in [3.63, 3.8) is 0 Å². The fourth-order valence-electron chi connectivity index (χ4n) is 3.13. The van der Waals surface area contributed by atoms with Gasteiger partial charge in [0.25, 0.3) is 0 Å². The summed E-state index contributed by atoms with van der Waals surface area (Å²) in [7, 11) is -3.52. The van der Waals surface area contributed by atoms with Crippen LogP contribution in [0.1, 0.15) is 31.7 Å². The Bertz CT molecular complexity index is 659. The highest BCUT2D eigenvalue weighted by Gasteiger charge is 2.22. The summed E-state index contributed by atoms with van der Waals surface area (Å²) < 4.78 is 26.8. The number of hydrogen-bond donors (Lipinski definition) is 3. The minimum Gasteiger partial charge on any atom is -0.355 e. The number of rotatable bonds is 8. The maximum atomic E-state index is 12.1. The van der Waals surface area contributed by atoms with Crippen molar-refractivity contribution in [2.24, 2.45) is 11.8 Å². The first-order valence-corrected chi connectivity index (χ1v) is 10.4. The van der Waals surface area contributed by atoms with E-state index in [-0.39, 0.29) is 29.8 Å². The van der Waals surface area contributed by atoms with Gasteiger partial charge < -0.3 is 10.6 Å². The van der Waals surface area contributed by atoms with Gasteiger partial charge in [0.1, 0.15) is 0 Å². The molecule has 1 aliphatic rings. The summed E-state index contributed by atoms with van der Waals surface area (Å²) in [4.78, 5) is 12.3. The molecule has 2 rings (SSSR count). The molecular formula is C18H30ClN3O3S. The zero-order chi connectivity index (χ0) is 18.3. The fourth-order valence-corrected chi connectivity index (χ4v) is 4.16. The molecule has 1 saturated heterocycles. The van der Waals surface area contributed by atoms with Crippen molar-refractivity contribution in [2.45, 2.75) is 38.0 Å². The van der Waals surface area contributed by atoms with E-state index in [0.717, 1.165) is 31.5 Å². The number of carbonyl (C=O) groups is 1. The van der Waals surface area contributed by atoms with Crippen molar-refractivity contribution >= 4 is 28.3 Å². The van der Waals surface area contributed by atoms with Crippen molar-refractivity contribution < 1.29 is 13.2 Å². The number of nitrogens with one attached hydrogen (secondary N) is 3. The number of hydrogen-bond acceptors (Lipinski definition) is 4. The van der Waals surface area contributed by atoms with Crippen molar-refractivity contribution in [2.75, 3.05) is 26.2 Å².